The van der Waals surface area contributed by atoms with Crippen molar-refractivity contribution in [2.45, 2.75) is 20.4 Å². The molecule has 9 heteroatoms. The van der Waals surface area contributed by atoms with E-state index in [1.165, 1.54) is 33.8 Å². The first-order valence-electron chi connectivity index (χ1n) is 9.19. The van der Waals surface area contributed by atoms with E-state index in [1.807, 2.05) is 12.1 Å². The van der Waals surface area contributed by atoms with E-state index in [4.69, 9.17) is 5.11 Å². The number of nitrogens with one attached hydrogen (secondary N) is 2. The monoisotopic (exact) mass is 405 g/mol. The van der Waals surface area contributed by atoms with Gasteiger partial charge in [-0.2, -0.15) is 5.10 Å². The molecule has 0 aliphatic heterocycles. The lowest BCUT2D eigenvalue weighted by Gasteiger charge is -2.12. The highest BCUT2D eigenvalue weighted by Crippen LogP contribution is 2.19. The van der Waals surface area contributed by atoms with Gasteiger partial charge in [-0.3, -0.25) is 9.78 Å². The summed E-state index contributed by atoms with van der Waals surface area (Å²) >= 11 is 0. The smallest absolute Gasteiger partial charge is 0.449 e. The molecule has 0 amide bonds. The van der Waals surface area contributed by atoms with Crippen LogP contribution in [-0.2, 0) is 6.54 Å². The van der Waals surface area contributed by atoms with Crippen LogP contribution < -0.4 is 15.6 Å². The summed E-state index contributed by atoms with van der Waals surface area (Å²) in [6, 6.07) is 11.5. The highest BCUT2D eigenvalue weighted by molar-refractivity contribution is 5.82. The van der Waals surface area contributed by atoms with Crippen molar-refractivity contribution in [1.82, 2.24) is 19.7 Å². The molecule has 0 saturated carbocycles. The molecule has 0 bridgehead atoms. The van der Waals surface area contributed by atoms with E-state index in [1.54, 1.807) is 12.1 Å². The van der Waals surface area contributed by atoms with Crippen LogP contribution in [0.3, 0.4) is 0 Å². The number of benzene rings is 2. The first kappa shape index (κ1) is 19.2. The van der Waals surface area contributed by atoms with Crippen LogP contribution in [-0.4, -0.2) is 31.0 Å². The van der Waals surface area contributed by atoms with E-state index in [-0.39, 0.29) is 17.3 Å². The van der Waals surface area contributed by atoms with Gasteiger partial charge >= 0.3 is 6.16 Å². The summed E-state index contributed by atoms with van der Waals surface area (Å²) in [6.07, 6.45) is 1.09. The van der Waals surface area contributed by atoms with Crippen LogP contribution >= 0.6 is 0 Å². The zero-order chi connectivity index (χ0) is 21.3. The number of ether oxygens (including phenoxy) is 1. The molecule has 2 heterocycles. The lowest BCUT2D eigenvalue weighted by Crippen LogP contribution is -2.14. The molecule has 152 valence electrons. The number of nitrogens with zero attached hydrogens (tertiary/aromatic N) is 3. The Kier molecular flexibility index (Phi) is 4.93. The maximum Gasteiger partial charge on any atom is 0.511 e. The van der Waals surface area contributed by atoms with Crippen molar-refractivity contribution in [3.05, 3.63) is 75.8 Å². The molecule has 0 atom stereocenters. The maximum absolute atomic E-state index is 12.6. The van der Waals surface area contributed by atoms with Crippen LogP contribution in [0.2, 0.25) is 0 Å². The van der Waals surface area contributed by atoms with Crippen molar-refractivity contribution in [2.24, 2.45) is 0 Å². The Morgan fingerprint density at radius 2 is 2.00 bits per heavy atom. The minimum Gasteiger partial charge on any atom is -0.449 e. The number of hydrogen-bond acceptors (Lipinski definition) is 6. The van der Waals surface area contributed by atoms with E-state index in [9.17, 15) is 9.59 Å². The van der Waals surface area contributed by atoms with Gasteiger partial charge in [0.05, 0.1) is 23.3 Å². The summed E-state index contributed by atoms with van der Waals surface area (Å²) in [7, 11) is 0. The molecule has 0 aliphatic rings. The second-order valence-corrected chi connectivity index (χ2v) is 6.83. The van der Waals surface area contributed by atoms with E-state index in [0.717, 1.165) is 5.69 Å². The van der Waals surface area contributed by atoms with Crippen LogP contribution in [0.1, 0.15) is 16.7 Å². The van der Waals surface area contributed by atoms with Crippen molar-refractivity contribution in [2.75, 3.05) is 5.32 Å². The van der Waals surface area contributed by atoms with Crippen LogP contribution in [0.5, 0.6) is 5.75 Å². The molecule has 0 unspecified atom stereocenters. The minimum atomic E-state index is -1.45. The topological polar surface area (TPSA) is 122 Å². The standard InChI is InChI=1S/C21H19N5O4/c1-12-4-3-5-13(2)17(12)10-22-14-6-7-18-16(8-14)19(27)25-20(24-18)26-11-15(9-23-26)30-21(28)29/h3-9,11,22H,10H2,1-2H3,(H,28,29)(H,24,25,27). The van der Waals surface area contributed by atoms with Crippen LogP contribution in [0.15, 0.2) is 53.6 Å². The van der Waals surface area contributed by atoms with Crippen molar-refractivity contribution >= 4 is 22.7 Å². The Balaban J connectivity index is 1.60. The number of hydrogen-bond donors (Lipinski definition) is 3. The molecule has 4 aromatic rings. The van der Waals surface area contributed by atoms with E-state index in [0.29, 0.717) is 17.4 Å². The molecule has 0 radical (unpaired) electrons. The highest BCUT2D eigenvalue weighted by atomic mass is 16.7. The summed E-state index contributed by atoms with van der Waals surface area (Å²) in [5.74, 6) is 0.181. The van der Waals surface area contributed by atoms with Crippen molar-refractivity contribution in [3.8, 4) is 11.7 Å². The number of anilines is 1. The van der Waals surface area contributed by atoms with Gasteiger partial charge < -0.3 is 15.2 Å². The van der Waals surface area contributed by atoms with Crippen molar-refractivity contribution in [1.29, 1.82) is 0 Å². The van der Waals surface area contributed by atoms with E-state index in [2.05, 4.69) is 51.1 Å². The summed E-state index contributed by atoms with van der Waals surface area (Å²) in [4.78, 5) is 30.3. The molecular formula is C21H19N5O4. The van der Waals surface area contributed by atoms with Gasteiger partial charge in [0.2, 0.25) is 5.95 Å². The van der Waals surface area contributed by atoms with Gasteiger partial charge in [-0.1, -0.05) is 18.2 Å². The SMILES string of the molecule is Cc1cccc(C)c1CNc1ccc2nc(-n3cc(OC(=O)O)cn3)[nH]c(=O)c2c1. The number of aryl methyl sites for hydroxylation is 2. The Morgan fingerprint density at radius 3 is 2.73 bits per heavy atom. The number of rotatable bonds is 5. The molecule has 2 aromatic heterocycles. The number of H-pyrrole nitrogens is 1. The van der Waals surface area contributed by atoms with Crippen LogP contribution in [0.25, 0.3) is 16.9 Å². The predicted octanol–water partition coefficient (Wildman–Crippen LogP) is 3.39. The fourth-order valence-electron chi connectivity index (χ4n) is 3.24. The zero-order valence-electron chi connectivity index (χ0n) is 16.3. The lowest BCUT2D eigenvalue weighted by atomic mass is 10.0. The van der Waals surface area contributed by atoms with Gasteiger partial charge in [-0.25, -0.2) is 14.5 Å². The van der Waals surface area contributed by atoms with Gasteiger partial charge in [0.1, 0.15) is 0 Å². The fraction of sp³-hybridized carbons (Fsp3) is 0.143. The fourth-order valence-corrected chi connectivity index (χ4v) is 3.24. The van der Waals surface area contributed by atoms with Crippen LogP contribution in [0.4, 0.5) is 10.5 Å². The summed E-state index contributed by atoms with van der Waals surface area (Å²) < 4.78 is 5.78. The molecule has 0 aliphatic carbocycles. The Labute approximate surface area is 171 Å². The first-order valence-corrected chi connectivity index (χ1v) is 9.19. The number of aromatic nitrogens is 4. The van der Waals surface area contributed by atoms with E-state index < -0.39 is 6.16 Å². The lowest BCUT2D eigenvalue weighted by molar-refractivity contribution is 0.144. The summed E-state index contributed by atoms with van der Waals surface area (Å²) in [5, 5.41) is 16.4. The molecule has 0 fully saturated rings. The number of fused-ring (bicyclic) bond motifs is 1. The van der Waals surface area contributed by atoms with Crippen LogP contribution in [0, 0.1) is 13.8 Å². The largest absolute Gasteiger partial charge is 0.511 e. The average Bonchev–Trinajstić information content (AvgIpc) is 3.15. The molecule has 3 N–H and O–H groups in total. The number of carbonyl (C=O) groups is 1. The second kappa shape index (κ2) is 7.70. The Morgan fingerprint density at radius 1 is 1.23 bits per heavy atom. The molecule has 30 heavy (non-hydrogen) atoms. The maximum atomic E-state index is 12.6. The van der Waals surface area contributed by atoms with Gasteiger partial charge in [0.15, 0.2) is 5.75 Å². The Hall–Kier alpha value is -4.14. The third-order valence-electron chi connectivity index (χ3n) is 4.79. The number of carboxylic acid groups (broad SMARTS) is 1. The quantitative estimate of drug-likeness (QED) is 0.435. The highest BCUT2D eigenvalue weighted by Gasteiger charge is 2.10. The first-order chi connectivity index (χ1) is 14.4. The van der Waals surface area contributed by atoms with Crippen molar-refractivity contribution in [3.63, 3.8) is 0 Å². The van der Waals surface area contributed by atoms with Crippen molar-refractivity contribution < 1.29 is 14.6 Å². The molecule has 9 nitrogen and oxygen atoms in total. The molecule has 2 aromatic carbocycles. The minimum absolute atomic E-state index is 0.0243. The van der Waals surface area contributed by atoms with Gasteiger partial charge in [0, 0.05) is 12.2 Å². The average molecular weight is 405 g/mol. The Bertz CT molecular complexity index is 1290. The van der Waals surface area contributed by atoms with E-state index >= 15 is 0 Å². The zero-order valence-corrected chi connectivity index (χ0v) is 16.3. The second-order valence-electron chi connectivity index (χ2n) is 6.83. The number of aromatic amines is 1. The molecule has 0 saturated heterocycles. The summed E-state index contributed by atoms with van der Waals surface area (Å²) in [5.41, 5.74) is 4.60. The predicted molar refractivity (Wildman–Crippen MR) is 111 cm³/mol. The molecule has 4 rings (SSSR count). The third kappa shape index (κ3) is 3.86. The van der Waals surface area contributed by atoms with Gasteiger partial charge in [0.25, 0.3) is 5.56 Å². The normalized spacial score (nSPS) is 10.9. The third-order valence-corrected chi connectivity index (χ3v) is 4.79. The van der Waals surface area contributed by atoms with Gasteiger partial charge in [-0.05, 0) is 48.7 Å². The summed E-state index contributed by atoms with van der Waals surface area (Å²) in [6.45, 7) is 4.79. The van der Waals surface area contributed by atoms with Gasteiger partial charge in [-0.15, -0.1) is 0 Å². The molecule has 0 spiro atoms. The molecular weight excluding hydrogens is 386 g/mol.